The van der Waals surface area contributed by atoms with E-state index in [0.717, 1.165) is 0 Å². The van der Waals surface area contributed by atoms with Gasteiger partial charge in [0.2, 0.25) is 16.4 Å². The summed E-state index contributed by atoms with van der Waals surface area (Å²) in [6, 6.07) is 4.27. The summed E-state index contributed by atoms with van der Waals surface area (Å²) in [7, 11) is -1.60. The first kappa shape index (κ1) is 15.2. The van der Waals surface area contributed by atoms with Crippen molar-refractivity contribution in [2.24, 2.45) is 7.05 Å². The second kappa shape index (κ2) is 6.04. The zero-order valence-electron chi connectivity index (χ0n) is 11.7. The molecule has 1 aromatic carbocycles. The van der Waals surface area contributed by atoms with Gasteiger partial charge in [0.1, 0.15) is 18.1 Å². The standard InChI is InChI=1S/C13H18N4O3S/c1-16-6-7-17(10-16)5-2-8-21(19,20)15-12-4-3-11(14)9-13(12)18/h3-4,6-7,9-10,15H,2,5,8,14H2,1H3/p+1. The Bertz CT molecular complexity index is 725. The van der Waals surface area contributed by atoms with Crippen LogP contribution in [-0.2, 0) is 23.6 Å². The SMILES string of the molecule is C[n+]1ccn(CCCS(=O)(=O)Nc2ccc(N)cc2O)c1. The Balaban J connectivity index is 1.92. The van der Waals surface area contributed by atoms with E-state index in [1.807, 2.05) is 34.9 Å². The molecule has 1 aromatic heterocycles. The molecule has 0 aliphatic heterocycles. The Morgan fingerprint density at radius 1 is 1.43 bits per heavy atom. The van der Waals surface area contributed by atoms with Crippen molar-refractivity contribution >= 4 is 21.4 Å². The molecule has 0 amide bonds. The van der Waals surface area contributed by atoms with Gasteiger partial charge in [-0.1, -0.05) is 0 Å². The van der Waals surface area contributed by atoms with E-state index in [0.29, 0.717) is 18.7 Å². The molecule has 0 spiro atoms. The molecule has 0 atom stereocenters. The van der Waals surface area contributed by atoms with Gasteiger partial charge in [0.15, 0.2) is 0 Å². The molecule has 0 fully saturated rings. The van der Waals surface area contributed by atoms with Gasteiger partial charge in [-0.25, -0.2) is 17.6 Å². The number of nitrogens with one attached hydrogen (secondary N) is 1. The number of imidazole rings is 1. The van der Waals surface area contributed by atoms with Crippen LogP contribution in [0.25, 0.3) is 0 Å². The summed E-state index contributed by atoms with van der Waals surface area (Å²) in [5.74, 6) is -0.213. The molecule has 8 heteroatoms. The normalized spacial score (nSPS) is 11.5. The predicted octanol–water partition coefficient (Wildman–Crippen LogP) is 0.432. The number of aryl methyl sites for hydroxylation is 2. The second-order valence-corrected chi connectivity index (χ2v) is 6.71. The minimum absolute atomic E-state index is 0.0291. The molecular formula is C13H19N4O3S+. The number of nitrogen functional groups attached to an aromatic ring is 1. The Morgan fingerprint density at radius 2 is 2.19 bits per heavy atom. The number of phenolic OH excluding ortho intramolecular Hbond substituents is 1. The Labute approximate surface area is 123 Å². The number of hydrogen-bond acceptors (Lipinski definition) is 4. The summed E-state index contributed by atoms with van der Waals surface area (Å²) >= 11 is 0. The molecule has 0 saturated heterocycles. The molecule has 0 radical (unpaired) electrons. The maximum absolute atomic E-state index is 12.0. The van der Waals surface area contributed by atoms with Crippen LogP contribution in [0.5, 0.6) is 5.75 Å². The van der Waals surface area contributed by atoms with Crippen molar-refractivity contribution in [2.45, 2.75) is 13.0 Å². The molecular weight excluding hydrogens is 292 g/mol. The first-order valence-electron chi connectivity index (χ1n) is 6.46. The van der Waals surface area contributed by atoms with Crippen molar-refractivity contribution in [3.05, 3.63) is 36.9 Å². The molecule has 114 valence electrons. The summed E-state index contributed by atoms with van der Waals surface area (Å²) in [5, 5.41) is 9.65. The van der Waals surface area contributed by atoms with Gasteiger partial charge < -0.3 is 10.8 Å². The zero-order valence-corrected chi connectivity index (χ0v) is 12.5. The lowest BCUT2D eigenvalue weighted by molar-refractivity contribution is -0.671. The molecule has 2 aromatic rings. The van der Waals surface area contributed by atoms with Gasteiger partial charge in [-0.05, 0) is 12.1 Å². The minimum atomic E-state index is -3.50. The highest BCUT2D eigenvalue weighted by atomic mass is 32.2. The van der Waals surface area contributed by atoms with Crippen molar-refractivity contribution in [3.8, 4) is 5.75 Å². The molecule has 21 heavy (non-hydrogen) atoms. The Morgan fingerprint density at radius 3 is 2.81 bits per heavy atom. The van der Waals surface area contributed by atoms with Gasteiger partial charge in [-0.3, -0.25) is 4.72 Å². The van der Waals surface area contributed by atoms with Crippen molar-refractivity contribution in [1.29, 1.82) is 0 Å². The summed E-state index contributed by atoms with van der Waals surface area (Å²) in [6.07, 6.45) is 6.12. The van der Waals surface area contributed by atoms with Crippen LogP contribution in [0.4, 0.5) is 11.4 Å². The van der Waals surface area contributed by atoms with Gasteiger partial charge >= 0.3 is 0 Å². The van der Waals surface area contributed by atoms with Crippen molar-refractivity contribution in [1.82, 2.24) is 4.57 Å². The van der Waals surface area contributed by atoms with Gasteiger partial charge in [-0.15, -0.1) is 0 Å². The number of benzene rings is 1. The molecule has 2 rings (SSSR count). The average molecular weight is 311 g/mol. The zero-order chi connectivity index (χ0) is 15.5. The van der Waals surface area contributed by atoms with E-state index in [1.165, 1.54) is 18.2 Å². The smallest absolute Gasteiger partial charge is 0.243 e. The van der Waals surface area contributed by atoms with Crippen molar-refractivity contribution < 1.29 is 18.1 Å². The minimum Gasteiger partial charge on any atom is -0.506 e. The van der Waals surface area contributed by atoms with Crippen LogP contribution >= 0.6 is 0 Å². The molecule has 0 saturated carbocycles. The van der Waals surface area contributed by atoms with Gasteiger partial charge in [0.25, 0.3) is 0 Å². The number of nitrogens with zero attached hydrogens (tertiary/aromatic N) is 2. The summed E-state index contributed by atoms with van der Waals surface area (Å²) in [5.41, 5.74) is 6.00. The third-order valence-electron chi connectivity index (χ3n) is 2.94. The number of anilines is 2. The third-order valence-corrected chi connectivity index (χ3v) is 4.30. The highest BCUT2D eigenvalue weighted by Gasteiger charge is 2.13. The number of aromatic nitrogens is 2. The van der Waals surface area contributed by atoms with Gasteiger partial charge in [-0.2, -0.15) is 0 Å². The molecule has 4 N–H and O–H groups in total. The Kier molecular flexibility index (Phi) is 4.37. The number of sulfonamides is 1. The van der Waals surface area contributed by atoms with Crippen molar-refractivity contribution in [3.63, 3.8) is 0 Å². The molecule has 0 bridgehead atoms. The lowest BCUT2D eigenvalue weighted by Gasteiger charge is -2.09. The first-order valence-corrected chi connectivity index (χ1v) is 8.11. The molecule has 0 aliphatic rings. The van der Waals surface area contributed by atoms with Crippen LogP contribution in [0.3, 0.4) is 0 Å². The van der Waals surface area contributed by atoms with Crippen LogP contribution in [-0.4, -0.2) is 23.8 Å². The maximum Gasteiger partial charge on any atom is 0.243 e. The topological polar surface area (TPSA) is 101 Å². The lowest BCUT2D eigenvalue weighted by Crippen LogP contribution is -2.24. The van der Waals surface area contributed by atoms with E-state index >= 15 is 0 Å². The predicted molar refractivity (Wildman–Crippen MR) is 80.2 cm³/mol. The fourth-order valence-corrected chi connectivity index (χ4v) is 3.04. The van der Waals surface area contributed by atoms with E-state index in [9.17, 15) is 13.5 Å². The maximum atomic E-state index is 12.0. The van der Waals surface area contributed by atoms with Gasteiger partial charge in [0.05, 0.1) is 25.0 Å². The van der Waals surface area contributed by atoms with Crippen LogP contribution < -0.4 is 15.0 Å². The average Bonchev–Trinajstić information content (AvgIpc) is 2.78. The highest BCUT2D eigenvalue weighted by Crippen LogP contribution is 2.26. The van der Waals surface area contributed by atoms with E-state index in [2.05, 4.69) is 4.72 Å². The summed E-state index contributed by atoms with van der Waals surface area (Å²) in [4.78, 5) is 0. The van der Waals surface area contributed by atoms with Gasteiger partial charge in [0, 0.05) is 18.2 Å². The number of aromatic hydroxyl groups is 1. The largest absolute Gasteiger partial charge is 0.506 e. The number of nitrogens with two attached hydrogens (primary N) is 1. The molecule has 1 heterocycles. The van der Waals surface area contributed by atoms with Crippen LogP contribution in [0.15, 0.2) is 36.9 Å². The molecule has 0 unspecified atom stereocenters. The molecule has 0 aliphatic carbocycles. The van der Waals surface area contributed by atoms with E-state index in [-0.39, 0.29) is 17.2 Å². The number of phenols is 1. The number of hydrogen-bond donors (Lipinski definition) is 3. The summed E-state index contributed by atoms with van der Waals surface area (Å²) in [6.45, 7) is 0.607. The fraction of sp³-hybridized carbons (Fsp3) is 0.308. The van der Waals surface area contributed by atoms with Crippen LogP contribution in [0.2, 0.25) is 0 Å². The first-order chi connectivity index (χ1) is 9.85. The highest BCUT2D eigenvalue weighted by molar-refractivity contribution is 7.92. The quantitative estimate of drug-likeness (QED) is 0.409. The lowest BCUT2D eigenvalue weighted by atomic mass is 10.3. The van der Waals surface area contributed by atoms with Crippen molar-refractivity contribution in [2.75, 3.05) is 16.2 Å². The molecule has 7 nitrogen and oxygen atoms in total. The van der Waals surface area contributed by atoms with E-state index in [1.54, 1.807) is 0 Å². The fourth-order valence-electron chi connectivity index (χ4n) is 1.92. The Hall–Kier alpha value is -2.22. The van der Waals surface area contributed by atoms with Crippen LogP contribution in [0, 0.1) is 0 Å². The second-order valence-electron chi connectivity index (χ2n) is 4.87. The summed E-state index contributed by atoms with van der Waals surface area (Å²) < 4.78 is 30.1. The monoisotopic (exact) mass is 311 g/mol. The van der Waals surface area contributed by atoms with E-state index in [4.69, 9.17) is 5.73 Å². The van der Waals surface area contributed by atoms with E-state index < -0.39 is 10.0 Å². The van der Waals surface area contributed by atoms with Crippen LogP contribution in [0.1, 0.15) is 6.42 Å². The third kappa shape index (κ3) is 4.38. The number of rotatable bonds is 6.